The average molecular weight is 360 g/mol. The first-order valence-electron chi connectivity index (χ1n) is 6.77. The van der Waals surface area contributed by atoms with Crippen molar-refractivity contribution in [3.63, 3.8) is 0 Å². The summed E-state index contributed by atoms with van der Waals surface area (Å²) in [6.07, 6.45) is 0. The fraction of sp³-hybridized carbons (Fsp3) is 0.357. The Hall–Kier alpha value is -1.74. The van der Waals surface area contributed by atoms with Crippen molar-refractivity contribution in [2.24, 2.45) is 0 Å². The number of fused-ring (bicyclic) bond motifs is 1. The minimum Gasteiger partial charge on any atom is -0.383 e. The molecule has 0 bridgehead atoms. The van der Waals surface area contributed by atoms with Crippen molar-refractivity contribution < 1.29 is 14.5 Å². The monoisotopic (exact) mass is 359 g/mol. The van der Waals surface area contributed by atoms with Crippen LogP contribution in [-0.4, -0.2) is 44.2 Å². The Morgan fingerprint density at radius 1 is 1.30 bits per heavy atom. The summed E-state index contributed by atoms with van der Waals surface area (Å²) in [7, 11) is 1.63. The number of thiophene rings is 1. The predicted molar refractivity (Wildman–Crippen MR) is 92.8 cm³/mol. The van der Waals surface area contributed by atoms with Crippen LogP contribution in [0.1, 0.15) is 9.67 Å². The van der Waals surface area contributed by atoms with Gasteiger partial charge in [0, 0.05) is 49.0 Å². The first kappa shape index (κ1) is 19.3. The van der Waals surface area contributed by atoms with E-state index in [1.165, 1.54) is 23.5 Å². The molecule has 0 radical (unpaired) electrons. The van der Waals surface area contributed by atoms with Crippen molar-refractivity contribution in [1.82, 2.24) is 10.6 Å². The Morgan fingerprint density at radius 2 is 2.09 bits per heavy atom. The Morgan fingerprint density at radius 3 is 2.78 bits per heavy atom. The summed E-state index contributed by atoms with van der Waals surface area (Å²) < 4.78 is 5.76. The molecule has 126 valence electrons. The quantitative estimate of drug-likeness (QED) is 0.428. The zero-order valence-corrected chi connectivity index (χ0v) is 14.2. The summed E-state index contributed by atoms with van der Waals surface area (Å²) in [6.45, 7) is 2.53. The van der Waals surface area contributed by atoms with E-state index in [-0.39, 0.29) is 24.0 Å². The molecular weight excluding hydrogens is 342 g/mol. The summed E-state index contributed by atoms with van der Waals surface area (Å²) >= 11 is 1.32. The van der Waals surface area contributed by atoms with Crippen molar-refractivity contribution >= 4 is 45.4 Å². The van der Waals surface area contributed by atoms with Gasteiger partial charge in [0.15, 0.2) is 0 Å². The Kier molecular flexibility index (Phi) is 7.90. The normalized spacial score (nSPS) is 10.3. The van der Waals surface area contributed by atoms with E-state index in [4.69, 9.17) is 4.74 Å². The van der Waals surface area contributed by atoms with Gasteiger partial charge in [-0.15, -0.1) is 23.7 Å². The molecule has 0 aliphatic carbocycles. The molecule has 0 atom stereocenters. The smallest absolute Gasteiger partial charge is 0.270 e. The number of nitro groups is 1. The number of hydrogen-bond donors (Lipinski definition) is 2. The third-order valence-corrected chi connectivity index (χ3v) is 4.12. The lowest BCUT2D eigenvalue weighted by Crippen LogP contribution is -2.32. The number of nitrogens with zero attached hydrogens (tertiary/aromatic N) is 1. The van der Waals surface area contributed by atoms with Gasteiger partial charge in [-0.05, 0) is 12.1 Å². The standard InChI is InChI=1S/C14H17N3O4S.ClH/c1-21-7-6-15-4-5-16-14(18)13-9-10-8-11(17(19)20)2-3-12(10)22-13;/h2-3,8-9,15H,4-7H2,1H3,(H,16,18);1H. The van der Waals surface area contributed by atoms with E-state index in [1.54, 1.807) is 19.2 Å². The molecule has 23 heavy (non-hydrogen) atoms. The number of carbonyl (C=O) groups is 1. The van der Waals surface area contributed by atoms with Gasteiger partial charge in [-0.2, -0.15) is 0 Å². The largest absolute Gasteiger partial charge is 0.383 e. The third-order valence-electron chi connectivity index (χ3n) is 3.00. The Balaban J connectivity index is 0.00000264. The summed E-state index contributed by atoms with van der Waals surface area (Å²) in [5.41, 5.74) is 0.0274. The van der Waals surface area contributed by atoms with Crippen molar-refractivity contribution in [2.45, 2.75) is 0 Å². The molecule has 2 N–H and O–H groups in total. The maximum absolute atomic E-state index is 12.0. The zero-order chi connectivity index (χ0) is 15.9. The molecule has 1 aromatic carbocycles. The number of amides is 1. The number of benzene rings is 1. The minimum atomic E-state index is -0.442. The molecule has 0 aliphatic heterocycles. The van der Waals surface area contributed by atoms with Crippen LogP contribution in [0.25, 0.3) is 10.1 Å². The molecule has 0 aliphatic rings. The topological polar surface area (TPSA) is 93.5 Å². The second kappa shape index (κ2) is 9.41. The van der Waals surface area contributed by atoms with E-state index >= 15 is 0 Å². The minimum absolute atomic E-state index is 0. The summed E-state index contributed by atoms with van der Waals surface area (Å²) in [5.74, 6) is -0.169. The van der Waals surface area contributed by atoms with Crippen molar-refractivity contribution in [3.05, 3.63) is 39.3 Å². The summed E-state index contributed by atoms with van der Waals surface area (Å²) in [5, 5.41) is 17.4. The Labute approximate surface area is 143 Å². The summed E-state index contributed by atoms with van der Waals surface area (Å²) in [6, 6.07) is 6.27. The van der Waals surface area contributed by atoms with Crippen LogP contribution in [-0.2, 0) is 4.74 Å². The predicted octanol–water partition coefficient (Wildman–Crippen LogP) is 2.20. The van der Waals surface area contributed by atoms with Gasteiger partial charge in [0.25, 0.3) is 11.6 Å². The van der Waals surface area contributed by atoms with Gasteiger partial charge >= 0.3 is 0 Å². The number of methoxy groups -OCH3 is 1. The second-order valence-corrected chi connectivity index (χ2v) is 5.67. The summed E-state index contributed by atoms with van der Waals surface area (Å²) in [4.78, 5) is 22.9. The molecule has 7 nitrogen and oxygen atoms in total. The molecular formula is C14H18ClN3O4S. The molecule has 1 aromatic heterocycles. The lowest BCUT2D eigenvalue weighted by atomic mass is 10.2. The van der Waals surface area contributed by atoms with E-state index in [0.717, 1.165) is 11.2 Å². The molecule has 2 aromatic rings. The van der Waals surface area contributed by atoms with E-state index in [2.05, 4.69) is 10.6 Å². The number of nitro benzene ring substituents is 1. The van der Waals surface area contributed by atoms with Crippen LogP contribution < -0.4 is 10.6 Å². The highest BCUT2D eigenvalue weighted by atomic mass is 35.5. The van der Waals surface area contributed by atoms with Gasteiger partial charge in [-0.25, -0.2) is 0 Å². The van der Waals surface area contributed by atoms with E-state index in [0.29, 0.717) is 30.0 Å². The first-order chi connectivity index (χ1) is 10.6. The lowest BCUT2D eigenvalue weighted by Gasteiger charge is -2.05. The van der Waals surface area contributed by atoms with Crippen LogP contribution in [0.5, 0.6) is 0 Å². The van der Waals surface area contributed by atoms with E-state index in [9.17, 15) is 14.9 Å². The average Bonchev–Trinajstić information content (AvgIpc) is 2.93. The van der Waals surface area contributed by atoms with Gasteiger partial charge in [0.1, 0.15) is 0 Å². The van der Waals surface area contributed by atoms with Crippen LogP contribution in [0, 0.1) is 10.1 Å². The Bertz CT molecular complexity index is 677. The van der Waals surface area contributed by atoms with Crippen LogP contribution in [0.3, 0.4) is 0 Å². The van der Waals surface area contributed by atoms with Crippen LogP contribution in [0.4, 0.5) is 5.69 Å². The highest BCUT2D eigenvalue weighted by Crippen LogP contribution is 2.28. The molecule has 0 spiro atoms. The number of nitrogens with one attached hydrogen (secondary N) is 2. The van der Waals surface area contributed by atoms with Gasteiger partial charge in [-0.3, -0.25) is 14.9 Å². The van der Waals surface area contributed by atoms with Gasteiger partial charge in [0.05, 0.1) is 16.4 Å². The number of ether oxygens (including phenoxy) is 1. The molecule has 1 heterocycles. The van der Waals surface area contributed by atoms with Crippen molar-refractivity contribution in [2.75, 3.05) is 33.4 Å². The number of carbonyl (C=O) groups excluding carboxylic acids is 1. The second-order valence-electron chi connectivity index (χ2n) is 4.59. The fourth-order valence-corrected chi connectivity index (χ4v) is 2.87. The van der Waals surface area contributed by atoms with Crippen LogP contribution >= 0.6 is 23.7 Å². The number of non-ortho nitro benzene ring substituents is 1. The van der Waals surface area contributed by atoms with Crippen LogP contribution in [0.2, 0.25) is 0 Å². The van der Waals surface area contributed by atoms with E-state index < -0.39 is 4.92 Å². The molecule has 0 saturated carbocycles. The molecule has 0 fully saturated rings. The zero-order valence-electron chi connectivity index (χ0n) is 12.5. The molecule has 9 heteroatoms. The fourth-order valence-electron chi connectivity index (χ4n) is 1.91. The highest BCUT2D eigenvalue weighted by Gasteiger charge is 2.12. The number of halogens is 1. The number of hydrogen-bond acceptors (Lipinski definition) is 6. The third kappa shape index (κ3) is 5.43. The van der Waals surface area contributed by atoms with Crippen LogP contribution in [0.15, 0.2) is 24.3 Å². The van der Waals surface area contributed by atoms with E-state index in [1.807, 2.05) is 0 Å². The van der Waals surface area contributed by atoms with Crippen molar-refractivity contribution in [3.8, 4) is 0 Å². The lowest BCUT2D eigenvalue weighted by molar-refractivity contribution is -0.384. The molecule has 0 unspecified atom stereocenters. The molecule has 0 saturated heterocycles. The highest BCUT2D eigenvalue weighted by molar-refractivity contribution is 7.20. The van der Waals surface area contributed by atoms with Crippen molar-refractivity contribution in [1.29, 1.82) is 0 Å². The maximum atomic E-state index is 12.0. The van der Waals surface area contributed by atoms with Gasteiger partial charge < -0.3 is 15.4 Å². The van der Waals surface area contributed by atoms with Gasteiger partial charge in [-0.1, -0.05) is 0 Å². The number of rotatable bonds is 8. The SMILES string of the molecule is COCCNCCNC(=O)c1cc2cc([N+](=O)[O-])ccc2s1.Cl. The van der Waals surface area contributed by atoms with Gasteiger partial charge in [0.2, 0.25) is 0 Å². The first-order valence-corrected chi connectivity index (χ1v) is 7.59. The molecule has 1 amide bonds. The maximum Gasteiger partial charge on any atom is 0.270 e. The molecule has 2 rings (SSSR count).